The number of nitriles is 1. The second-order valence-electron chi connectivity index (χ2n) is 4.83. The average molecular weight is 325 g/mol. The monoisotopic (exact) mass is 325 g/mol. The Morgan fingerprint density at radius 1 is 1.48 bits per heavy atom. The van der Waals surface area contributed by atoms with Crippen LogP contribution in [-0.4, -0.2) is 37.5 Å². The van der Waals surface area contributed by atoms with Gasteiger partial charge in [0.1, 0.15) is 11.1 Å². The summed E-state index contributed by atoms with van der Waals surface area (Å²) in [5.41, 5.74) is 1.10. The minimum Gasteiger partial charge on any atom is -0.477 e. The Balaban J connectivity index is 1.94. The van der Waals surface area contributed by atoms with E-state index in [1.54, 1.807) is 30.5 Å². The van der Waals surface area contributed by atoms with Crippen LogP contribution in [0.2, 0.25) is 0 Å². The highest BCUT2D eigenvalue weighted by molar-refractivity contribution is 8.01. The molecular weight excluding hydrogens is 314 g/mol. The van der Waals surface area contributed by atoms with Crippen molar-refractivity contribution in [1.29, 1.82) is 5.26 Å². The minimum atomic E-state index is -1.16. The molecule has 1 amide bonds. The summed E-state index contributed by atoms with van der Waals surface area (Å²) in [6.45, 7) is 0. The lowest BCUT2D eigenvalue weighted by molar-refractivity contribution is -0.141. The van der Waals surface area contributed by atoms with Crippen LogP contribution in [0.3, 0.4) is 0 Å². The number of rotatable bonds is 3. The third kappa shape index (κ3) is 2.76. The number of fused-ring (bicyclic) bond motifs is 1. The lowest BCUT2D eigenvalue weighted by Gasteiger charge is -2.45. The number of carboxylic acids is 1. The average Bonchev–Trinajstić information content (AvgIpc) is 2.57. The molecule has 7 heteroatoms. The SMILES string of the molecule is N#C/C=C/C1C=C(C(=O)O)N2C(=O)/C(=C/c3ccccn3)C2S1. The van der Waals surface area contributed by atoms with E-state index in [1.165, 1.54) is 28.8 Å². The molecule has 2 atom stereocenters. The van der Waals surface area contributed by atoms with Crippen molar-refractivity contribution in [1.82, 2.24) is 9.88 Å². The van der Waals surface area contributed by atoms with Crippen molar-refractivity contribution in [3.63, 3.8) is 0 Å². The molecule has 0 aromatic carbocycles. The lowest BCUT2D eigenvalue weighted by Crippen LogP contribution is -2.56. The van der Waals surface area contributed by atoms with Gasteiger partial charge in [0.25, 0.3) is 5.91 Å². The van der Waals surface area contributed by atoms with E-state index in [4.69, 9.17) is 5.26 Å². The number of nitrogens with zero attached hydrogens (tertiary/aromatic N) is 3. The fraction of sp³-hybridized carbons (Fsp3) is 0.125. The standard InChI is InChI=1S/C16H11N3O3S/c17-6-3-5-11-9-13(16(21)22)19-14(20)12(15(19)23-11)8-10-4-1-2-7-18-10/h1-5,7-9,11,15H,(H,21,22)/b5-3+,12-8-. The summed E-state index contributed by atoms with van der Waals surface area (Å²) >= 11 is 1.40. The summed E-state index contributed by atoms with van der Waals surface area (Å²) in [4.78, 5) is 29.1. The van der Waals surface area contributed by atoms with E-state index in [0.29, 0.717) is 11.3 Å². The van der Waals surface area contributed by atoms with Crippen molar-refractivity contribution >= 4 is 29.7 Å². The first-order chi connectivity index (χ1) is 11.1. The zero-order chi connectivity index (χ0) is 16.4. The Kier molecular flexibility index (Phi) is 4.00. The van der Waals surface area contributed by atoms with Gasteiger partial charge in [0, 0.05) is 17.5 Å². The molecule has 1 fully saturated rings. The molecule has 2 unspecified atom stereocenters. The maximum absolute atomic E-state index is 12.3. The molecule has 6 nitrogen and oxygen atoms in total. The highest BCUT2D eigenvalue weighted by atomic mass is 32.2. The Morgan fingerprint density at radius 2 is 2.30 bits per heavy atom. The smallest absolute Gasteiger partial charge is 0.352 e. The van der Waals surface area contributed by atoms with Gasteiger partial charge in [-0.3, -0.25) is 14.7 Å². The maximum atomic E-state index is 12.3. The molecule has 0 bridgehead atoms. The third-order valence-electron chi connectivity index (χ3n) is 3.40. The van der Waals surface area contributed by atoms with Crippen LogP contribution in [0, 0.1) is 11.3 Å². The van der Waals surface area contributed by atoms with E-state index >= 15 is 0 Å². The van der Waals surface area contributed by atoms with Gasteiger partial charge in [-0.2, -0.15) is 5.26 Å². The summed E-state index contributed by atoms with van der Waals surface area (Å²) in [7, 11) is 0. The lowest BCUT2D eigenvalue weighted by atomic mass is 10.0. The van der Waals surface area contributed by atoms with Crippen LogP contribution in [0.1, 0.15) is 5.69 Å². The second kappa shape index (κ2) is 6.10. The number of carbonyl (C=O) groups excluding carboxylic acids is 1. The molecular formula is C16H11N3O3S. The number of amides is 1. The number of carbonyl (C=O) groups is 2. The zero-order valence-corrected chi connectivity index (χ0v) is 12.6. The first-order valence-electron chi connectivity index (χ1n) is 6.75. The first kappa shape index (κ1) is 15.1. The fourth-order valence-corrected chi connectivity index (χ4v) is 3.71. The van der Waals surface area contributed by atoms with Gasteiger partial charge >= 0.3 is 5.97 Å². The molecule has 2 aliphatic rings. The van der Waals surface area contributed by atoms with Crippen LogP contribution in [-0.2, 0) is 9.59 Å². The number of aliphatic carboxylic acids is 1. The quantitative estimate of drug-likeness (QED) is 0.517. The predicted octanol–water partition coefficient (Wildman–Crippen LogP) is 1.80. The van der Waals surface area contributed by atoms with Gasteiger partial charge in [-0.25, -0.2) is 4.79 Å². The summed E-state index contributed by atoms with van der Waals surface area (Å²) in [5.74, 6) is -1.49. The number of β-lactam (4-membered cyclic amide) rings is 1. The van der Waals surface area contributed by atoms with E-state index in [2.05, 4.69) is 4.98 Å². The van der Waals surface area contributed by atoms with Crippen molar-refractivity contribution in [2.75, 3.05) is 0 Å². The van der Waals surface area contributed by atoms with E-state index < -0.39 is 5.97 Å². The zero-order valence-electron chi connectivity index (χ0n) is 11.8. The summed E-state index contributed by atoms with van der Waals surface area (Å²) in [6.07, 6.45) is 7.71. The van der Waals surface area contributed by atoms with Gasteiger partial charge in [0.2, 0.25) is 0 Å². The third-order valence-corrected chi connectivity index (χ3v) is 4.73. The molecule has 23 heavy (non-hydrogen) atoms. The molecule has 114 valence electrons. The topological polar surface area (TPSA) is 94.3 Å². The van der Waals surface area contributed by atoms with Crippen molar-refractivity contribution in [2.45, 2.75) is 10.6 Å². The Bertz CT molecular complexity index is 793. The van der Waals surface area contributed by atoms with Gasteiger partial charge in [-0.1, -0.05) is 12.1 Å². The van der Waals surface area contributed by atoms with Crippen molar-refractivity contribution < 1.29 is 14.7 Å². The highest BCUT2D eigenvalue weighted by Gasteiger charge is 2.49. The van der Waals surface area contributed by atoms with Crippen LogP contribution >= 0.6 is 11.8 Å². The number of hydrogen-bond acceptors (Lipinski definition) is 5. The normalized spacial score (nSPS) is 24.8. The van der Waals surface area contributed by atoms with Gasteiger partial charge in [-0.15, -0.1) is 11.8 Å². The molecule has 0 aliphatic carbocycles. The molecule has 0 radical (unpaired) electrons. The van der Waals surface area contributed by atoms with E-state index in [9.17, 15) is 14.7 Å². The van der Waals surface area contributed by atoms with Gasteiger partial charge in [0.05, 0.1) is 17.3 Å². The molecule has 0 spiro atoms. The number of thioether (sulfide) groups is 1. The van der Waals surface area contributed by atoms with Crippen molar-refractivity contribution in [3.05, 3.63) is 59.6 Å². The summed E-state index contributed by atoms with van der Waals surface area (Å²) < 4.78 is 0. The molecule has 1 aromatic heterocycles. The Hall–Kier alpha value is -2.85. The van der Waals surface area contributed by atoms with Crippen LogP contribution in [0.5, 0.6) is 0 Å². The van der Waals surface area contributed by atoms with Gasteiger partial charge in [0.15, 0.2) is 0 Å². The van der Waals surface area contributed by atoms with Crippen molar-refractivity contribution in [2.24, 2.45) is 0 Å². The summed E-state index contributed by atoms with van der Waals surface area (Å²) in [5, 5.41) is 17.3. The number of carboxylic acid groups (broad SMARTS) is 1. The van der Waals surface area contributed by atoms with Crippen LogP contribution in [0.25, 0.3) is 6.08 Å². The molecule has 1 N–H and O–H groups in total. The maximum Gasteiger partial charge on any atom is 0.352 e. The van der Waals surface area contributed by atoms with E-state index in [1.807, 2.05) is 12.1 Å². The van der Waals surface area contributed by atoms with Crippen LogP contribution in [0.15, 0.2) is 53.9 Å². The fourth-order valence-electron chi connectivity index (χ4n) is 2.38. The summed E-state index contributed by atoms with van der Waals surface area (Å²) in [6, 6.07) is 7.26. The molecule has 1 aromatic rings. The van der Waals surface area contributed by atoms with Gasteiger partial charge < -0.3 is 5.11 Å². The van der Waals surface area contributed by atoms with E-state index in [-0.39, 0.29) is 22.2 Å². The Morgan fingerprint density at radius 3 is 2.96 bits per heavy atom. The predicted molar refractivity (Wildman–Crippen MR) is 84.7 cm³/mol. The number of allylic oxidation sites excluding steroid dienone is 1. The largest absolute Gasteiger partial charge is 0.477 e. The molecule has 1 saturated heterocycles. The number of aromatic nitrogens is 1. The van der Waals surface area contributed by atoms with Crippen LogP contribution in [0.4, 0.5) is 0 Å². The van der Waals surface area contributed by atoms with Crippen LogP contribution < -0.4 is 0 Å². The molecule has 0 saturated carbocycles. The minimum absolute atomic E-state index is 0.0514. The molecule has 2 aliphatic heterocycles. The second-order valence-corrected chi connectivity index (χ2v) is 6.09. The molecule has 3 rings (SSSR count). The Labute approximate surface area is 136 Å². The molecule has 3 heterocycles. The number of hydrogen-bond donors (Lipinski definition) is 1. The first-order valence-corrected chi connectivity index (χ1v) is 7.69. The highest BCUT2D eigenvalue weighted by Crippen LogP contribution is 2.44. The van der Waals surface area contributed by atoms with Crippen molar-refractivity contribution in [3.8, 4) is 6.07 Å². The van der Waals surface area contributed by atoms with E-state index in [0.717, 1.165) is 0 Å². The number of pyridine rings is 1. The van der Waals surface area contributed by atoms with Gasteiger partial charge in [-0.05, 0) is 24.3 Å².